The third kappa shape index (κ3) is 11.8. The molecule has 15 heavy (non-hydrogen) atoms. The monoisotopic (exact) mass is 216 g/mol. The summed E-state index contributed by atoms with van der Waals surface area (Å²) in [6, 6.07) is 0. The van der Waals surface area contributed by atoms with Gasteiger partial charge in [0.25, 0.3) is 0 Å². The van der Waals surface area contributed by atoms with Crippen LogP contribution in [0.25, 0.3) is 0 Å². The normalized spacial score (nSPS) is 11.2. The quantitative estimate of drug-likeness (QED) is 0.532. The van der Waals surface area contributed by atoms with Gasteiger partial charge in [0.05, 0.1) is 6.61 Å². The molecule has 0 saturated carbocycles. The highest BCUT2D eigenvalue weighted by molar-refractivity contribution is 4.55. The number of ether oxygens (including phenoxy) is 1. The number of hydrogen-bond donors (Lipinski definition) is 1. The van der Waals surface area contributed by atoms with Crippen molar-refractivity contribution in [2.45, 2.75) is 33.1 Å². The second kappa shape index (κ2) is 12.0. The van der Waals surface area contributed by atoms with Crippen molar-refractivity contribution in [3.63, 3.8) is 0 Å². The van der Waals surface area contributed by atoms with E-state index in [1.54, 1.807) is 0 Å². The average Bonchev–Trinajstić information content (AvgIpc) is 2.23. The highest BCUT2D eigenvalue weighted by atomic mass is 16.5. The molecule has 0 aromatic rings. The first-order chi connectivity index (χ1) is 7.31. The fourth-order valence-corrected chi connectivity index (χ4v) is 1.43. The van der Waals surface area contributed by atoms with Gasteiger partial charge in [-0.2, -0.15) is 0 Å². The molecule has 0 aliphatic carbocycles. The fraction of sp³-hybridized carbons (Fsp3) is 1.00. The molecule has 0 spiro atoms. The van der Waals surface area contributed by atoms with Gasteiger partial charge in [0, 0.05) is 26.2 Å². The predicted molar refractivity (Wildman–Crippen MR) is 66.4 cm³/mol. The van der Waals surface area contributed by atoms with E-state index in [2.05, 4.69) is 24.2 Å². The van der Waals surface area contributed by atoms with Crippen molar-refractivity contribution >= 4 is 0 Å². The first-order valence-corrected chi connectivity index (χ1v) is 6.28. The molecule has 92 valence electrons. The summed E-state index contributed by atoms with van der Waals surface area (Å²) in [6.07, 6.45) is 3.98. The van der Waals surface area contributed by atoms with E-state index in [0.29, 0.717) is 0 Å². The highest BCUT2D eigenvalue weighted by Crippen LogP contribution is 1.95. The molecule has 3 nitrogen and oxygen atoms in total. The molecule has 0 aromatic carbocycles. The standard InChI is InChI=1S/C12H28N2O/c1-4-6-7-10-14(3)11-8-13-9-12-15-5-2/h13H,4-12H2,1-3H3. The van der Waals surface area contributed by atoms with Crippen molar-refractivity contribution in [3.8, 4) is 0 Å². The Labute approximate surface area is 95.2 Å². The molecule has 0 amide bonds. The van der Waals surface area contributed by atoms with E-state index in [-0.39, 0.29) is 0 Å². The van der Waals surface area contributed by atoms with Crippen molar-refractivity contribution in [1.29, 1.82) is 0 Å². The summed E-state index contributed by atoms with van der Waals surface area (Å²) in [6.45, 7) is 10.3. The Morgan fingerprint density at radius 2 is 1.87 bits per heavy atom. The van der Waals surface area contributed by atoms with Gasteiger partial charge in [0.15, 0.2) is 0 Å². The first kappa shape index (κ1) is 14.9. The lowest BCUT2D eigenvalue weighted by molar-refractivity contribution is 0.148. The Hall–Kier alpha value is -0.120. The van der Waals surface area contributed by atoms with E-state index in [9.17, 15) is 0 Å². The van der Waals surface area contributed by atoms with Gasteiger partial charge >= 0.3 is 0 Å². The zero-order chi connectivity index (χ0) is 11.4. The summed E-state index contributed by atoms with van der Waals surface area (Å²) >= 11 is 0. The van der Waals surface area contributed by atoms with E-state index < -0.39 is 0 Å². The van der Waals surface area contributed by atoms with Crippen LogP contribution in [0.5, 0.6) is 0 Å². The Morgan fingerprint density at radius 3 is 2.53 bits per heavy atom. The molecule has 0 aliphatic rings. The summed E-state index contributed by atoms with van der Waals surface area (Å²) in [7, 11) is 2.19. The second-order valence-electron chi connectivity index (χ2n) is 3.96. The Kier molecular flexibility index (Phi) is 11.9. The molecule has 0 rings (SSSR count). The minimum absolute atomic E-state index is 0.818. The summed E-state index contributed by atoms with van der Waals surface area (Å²) < 4.78 is 5.24. The summed E-state index contributed by atoms with van der Waals surface area (Å²) in [5, 5.41) is 3.37. The smallest absolute Gasteiger partial charge is 0.0590 e. The number of unbranched alkanes of at least 4 members (excludes halogenated alkanes) is 2. The Balaban J connectivity index is 3.06. The van der Waals surface area contributed by atoms with Crippen molar-refractivity contribution in [1.82, 2.24) is 10.2 Å². The zero-order valence-electron chi connectivity index (χ0n) is 10.7. The third-order valence-electron chi connectivity index (χ3n) is 2.44. The second-order valence-corrected chi connectivity index (χ2v) is 3.96. The van der Waals surface area contributed by atoms with Gasteiger partial charge in [0.1, 0.15) is 0 Å². The lowest BCUT2D eigenvalue weighted by Crippen LogP contribution is -2.31. The van der Waals surface area contributed by atoms with E-state index in [4.69, 9.17) is 4.74 Å². The summed E-state index contributed by atoms with van der Waals surface area (Å²) in [5.74, 6) is 0. The van der Waals surface area contributed by atoms with Crippen LogP contribution in [0.4, 0.5) is 0 Å². The van der Waals surface area contributed by atoms with Crippen LogP contribution < -0.4 is 5.32 Å². The highest BCUT2D eigenvalue weighted by Gasteiger charge is 1.96. The topological polar surface area (TPSA) is 24.5 Å². The van der Waals surface area contributed by atoms with Gasteiger partial charge in [-0.15, -0.1) is 0 Å². The van der Waals surface area contributed by atoms with Crippen LogP contribution in [0.15, 0.2) is 0 Å². The van der Waals surface area contributed by atoms with Crippen LogP contribution in [0.1, 0.15) is 33.1 Å². The van der Waals surface area contributed by atoms with Gasteiger partial charge in [-0.05, 0) is 26.9 Å². The lowest BCUT2D eigenvalue weighted by atomic mass is 10.2. The largest absolute Gasteiger partial charge is 0.380 e. The molecule has 0 radical (unpaired) electrons. The molecule has 1 N–H and O–H groups in total. The minimum Gasteiger partial charge on any atom is -0.380 e. The van der Waals surface area contributed by atoms with Crippen LogP contribution in [-0.4, -0.2) is 51.3 Å². The minimum atomic E-state index is 0.818. The average molecular weight is 216 g/mol. The number of hydrogen-bond acceptors (Lipinski definition) is 3. The molecule has 0 saturated heterocycles. The Morgan fingerprint density at radius 1 is 1.07 bits per heavy atom. The molecule has 0 atom stereocenters. The number of likely N-dealkylation sites (N-methyl/N-ethyl adjacent to an activating group) is 1. The van der Waals surface area contributed by atoms with Crippen LogP contribution in [0, 0.1) is 0 Å². The molecule has 3 heteroatoms. The molecule has 0 unspecified atom stereocenters. The maximum Gasteiger partial charge on any atom is 0.0590 e. The molecular weight excluding hydrogens is 188 g/mol. The predicted octanol–water partition coefficient (Wildman–Crippen LogP) is 1.73. The van der Waals surface area contributed by atoms with Crippen LogP contribution >= 0.6 is 0 Å². The van der Waals surface area contributed by atoms with E-state index in [0.717, 1.165) is 32.8 Å². The zero-order valence-corrected chi connectivity index (χ0v) is 10.7. The third-order valence-corrected chi connectivity index (χ3v) is 2.44. The van der Waals surface area contributed by atoms with Gasteiger partial charge in [-0.25, -0.2) is 0 Å². The summed E-state index contributed by atoms with van der Waals surface area (Å²) in [5.41, 5.74) is 0. The van der Waals surface area contributed by atoms with Crippen molar-refractivity contribution < 1.29 is 4.74 Å². The van der Waals surface area contributed by atoms with Gasteiger partial charge in [-0.1, -0.05) is 19.8 Å². The van der Waals surface area contributed by atoms with Crippen LogP contribution in [0.2, 0.25) is 0 Å². The molecule has 0 aromatic heterocycles. The van der Waals surface area contributed by atoms with E-state index >= 15 is 0 Å². The van der Waals surface area contributed by atoms with E-state index in [1.807, 2.05) is 6.92 Å². The van der Waals surface area contributed by atoms with Crippen LogP contribution in [-0.2, 0) is 4.74 Å². The van der Waals surface area contributed by atoms with E-state index in [1.165, 1.54) is 25.8 Å². The maximum absolute atomic E-state index is 5.24. The maximum atomic E-state index is 5.24. The molecule has 0 heterocycles. The van der Waals surface area contributed by atoms with Gasteiger partial charge < -0.3 is 15.0 Å². The molecular formula is C12H28N2O. The molecule has 0 fully saturated rings. The summed E-state index contributed by atoms with van der Waals surface area (Å²) in [4.78, 5) is 2.39. The lowest BCUT2D eigenvalue weighted by Gasteiger charge is -2.16. The fourth-order valence-electron chi connectivity index (χ4n) is 1.43. The van der Waals surface area contributed by atoms with Crippen molar-refractivity contribution in [2.75, 3.05) is 46.4 Å². The number of nitrogens with zero attached hydrogens (tertiary/aromatic N) is 1. The number of nitrogens with one attached hydrogen (secondary N) is 1. The Bertz CT molecular complexity index is 120. The van der Waals surface area contributed by atoms with Gasteiger partial charge in [-0.3, -0.25) is 0 Å². The SMILES string of the molecule is CCCCCN(C)CCNCCOCC. The molecule has 0 aliphatic heterocycles. The van der Waals surface area contributed by atoms with Crippen LogP contribution in [0.3, 0.4) is 0 Å². The number of rotatable bonds is 11. The first-order valence-electron chi connectivity index (χ1n) is 6.28. The van der Waals surface area contributed by atoms with Crippen molar-refractivity contribution in [3.05, 3.63) is 0 Å². The molecule has 0 bridgehead atoms. The van der Waals surface area contributed by atoms with Gasteiger partial charge in [0.2, 0.25) is 0 Å². The van der Waals surface area contributed by atoms with Crippen molar-refractivity contribution in [2.24, 2.45) is 0 Å².